The third-order valence-corrected chi connectivity index (χ3v) is 9.05. The van der Waals surface area contributed by atoms with Crippen molar-refractivity contribution in [3.8, 4) is 40.7 Å². The highest BCUT2D eigenvalue weighted by Crippen LogP contribution is 2.66. The van der Waals surface area contributed by atoms with Crippen LogP contribution in [0.2, 0.25) is 0 Å². The van der Waals surface area contributed by atoms with Gasteiger partial charge in [-0.2, -0.15) is 0 Å². The minimum atomic E-state index is -3.51. The average molecular weight is 479 g/mol. The van der Waals surface area contributed by atoms with Gasteiger partial charge in [-0.25, -0.2) is 0 Å². The van der Waals surface area contributed by atoms with Crippen LogP contribution in [0.1, 0.15) is 11.3 Å². The number of nitrogens with zero attached hydrogens (tertiary/aromatic N) is 1. The maximum Gasteiger partial charge on any atom is 0.304 e. The summed E-state index contributed by atoms with van der Waals surface area (Å²) in [5.74, 6) is 3.88. The molecule has 2 atom stereocenters. The van der Waals surface area contributed by atoms with Crippen LogP contribution in [0.4, 0.5) is 5.69 Å². The van der Waals surface area contributed by atoms with Gasteiger partial charge in [0.25, 0.3) is 0 Å². The van der Waals surface area contributed by atoms with Gasteiger partial charge >= 0.3 is 7.37 Å². The van der Waals surface area contributed by atoms with Crippen molar-refractivity contribution in [2.24, 2.45) is 0 Å². The first-order chi connectivity index (χ1) is 17.2. The van der Waals surface area contributed by atoms with Gasteiger partial charge in [0, 0.05) is 16.8 Å². The summed E-state index contributed by atoms with van der Waals surface area (Å²) in [5, 5.41) is 0.708. The summed E-state index contributed by atoms with van der Waals surface area (Å²) in [5.41, 5.74) is 3.53. The molecule has 2 heterocycles. The van der Waals surface area contributed by atoms with E-state index < -0.39 is 13.2 Å². The maximum absolute atomic E-state index is 15.2. The topological polar surface area (TPSA) is 48.0 Å². The molecule has 35 heavy (non-hydrogen) atoms. The number of terminal acetylenes is 1. The Bertz CT molecular complexity index is 1490. The molecule has 5 nitrogen and oxygen atoms in total. The van der Waals surface area contributed by atoms with Gasteiger partial charge in [-0.05, 0) is 48.0 Å². The smallest absolute Gasteiger partial charge is 0.304 e. The van der Waals surface area contributed by atoms with E-state index in [2.05, 4.69) is 5.92 Å². The van der Waals surface area contributed by atoms with Crippen LogP contribution >= 0.6 is 7.37 Å². The zero-order valence-corrected chi connectivity index (χ0v) is 19.7. The van der Waals surface area contributed by atoms with Crippen molar-refractivity contribution in [2.75, 3.05) is 18.2 Å². The Labute approximate surface area is 204 Å². The summed E-state index contributed by atoms with van der Waals surface area (Å²) in [7, 11) is -3.51. The lowest BCUT2D eigenvalue weighted by molar-refractivity contribution is 0.281. The molecule has 172 valence electrons. The molecule has 2 aliphatic rings. The van der Waals surface area contributed by atoms with Crippen LogP contribution in [-0.2, 0) is 4.57 Å². The third-order valence-electron chi connectivity index (χ3n) is 6.32. The van der Waals surface area contributed by atoms with E-state index >= 15 is 4.57 Å². The molecule has 2 unspecified atom stereocenters. The lowest BCUT2D eigenvalue weighted by atomic mass is 10.0. The zero-order valence-electron chi connectivity index (χ0n) is 18.8. The molecule has 6 heteroatoms. The van der Waals surface area contributed by atoms with E-state index in [0.717, 1.165) is 22.4 Å². The molecule has 4 aromatic carbocycles. The lowest BCUT2D eigenvalue weighted by Crippen LogP contribution is -2.40. The van der Waals surface area contributed by atoms with Crippen molar-refractivity contribution in [3.05, 3.63) is 103 Å². The van der Waals surface area contributed by atoms with Gasteiger partial charge in [0.05, 0.1) is 5.30 Å². The molecule has 0 amide bonds. The Morgan fingerprint density at radius 2 is 1.57 bits per heavy atom. The second kappa shape index (κ2) is 8.58. The monoisotopic (exact) mass is 479 g/mol. The van der Waals surface area contributed by atoms with Crippen LogP contribution in [-0.4, -0.2) is 13.3 Å². The first-order valence-corrected chi connectivity index (χ1v) is 13.0. The van der Waals surface area contributed by atoms with Crippen molar-refractivity contribution >= 4 is 18.4 Å². The normalized spacial score (nSPS) is 19.7. The highest BCUT2D eigenvalue weighted by atomic mass is 31.2. The van der Waals surface area contributed by atoms with E-state index in [1.165, 1.54) is 0 Å². The Morgan fingerprint density at radius 3 is 2.37 bits per heavy atom. The summed E-state index contributed by atoms with van der Waals surface area (Å²) >= 11 is 0. The van der Waals surface area contributed by atoms with E-state index in [1.807, 2.05) is 102 Å². The lowest BCUT2D eigenvalue weighted by Gasteiger charge is -2.43. The first-order valence-electron chi connectivity index (χ1n) is 11.3. The molecule has 0 aromatic heterocycles. The molecule has 0 N–H and O–H groups in total. The van der Waals surface area contributed by atoms with E-state index in [9.17, 15) is 0 Å². The Balaban J connectivity index is 1.52. The predicted molar refractivity (Wildman–Crippen MR) is 138 cm³/mol. The Kier molecular flexibility index (Phi) is 5.25. The van der Waals surface area contributed by atoms with E-state index in [-0.39, 0.29) is 13.3 Å². The second-order valence-electron chi connectivity index (χ2n) is 8.34. The van der Waals surface area contributed by atoms with Crippen molar-refractivity contribution < 1.29 is 18.6 Å². The fraction of sp³-hybridized carbons (Fsp3) is 0.103. The highest BCUT2D eigenvalue weighted by molar-refractivity contribution is 7.68. The van der Waals surface area contributed by atoms with Gasteiger partial charge in [-0.15, -0.1) is 6.42 Å². The Hall–Kier alpha value is -4.13. The standard InChI is InChI=1S/C29H22NO4P/c1-2-19-32-22-17-15-21(16-18-22)30-20-33-26-12-6-4-11-25(26)29(30)35(31)28-14-8-5-10-24(28)23-9-3-7-13-27(23)34-35/h1,3-18,29H,19-20H2. The molecule has 0 spiro atoms. The molecule has 2 aliphatic heterocycles. The van der Waals surface area contributed by atoms with Crippen LogP contribution in [0.25, 0.3) is 11.1 Å². The van der Waals surface area contributed by atoms with E-state index in [1.54, 1.807) is 0 Å². The molecule has 0 radical (unpaired) electrons. The number of hydrogen-bond donors (Lipinski definition) is 0. The third kappa shape index (κ3) is 3.55. The van der Waals surface area contributed by atoms with Gasteiger partial charge in [-0.1, -0.05) is 60.5 Å². The van der Waals surface area contributed by atoms with Crippen molar-refractivity contribution in [1.29, 1.82) is 0 Å². The van der Waals surface area contributed by atoms with Crippen LogP contribution in [0.5, 0.6) is 17.2 Å². The predicted octanol–water partition coefficient (Wildman–Crippen LogP) is 6.22. The molecule has 0 saturated carbocycles. The van der Waals surface area contributed by atoms with Crippen LogP contribution in [0.15, 0.2) is 97.1 Å². The molecular formula is C29H22NO4P. The minimum absolute atomic E-state index is 0.196. The van der Waals surface area contributed by atoms with E-state index in [0.29, 0.717) is 22.6 Å². The number of ether oxygens (including phenoxy) is 2. The molecular weight excluding hydrogens is 457 g/mol. The maximum atomic E-state index is 15.2. The number of fused-ring (bicyclic) bond motifs is 4. The number of rotatable bonds is 4. The summed E-state index contributed by atoms with van der Waals surface area (Å²) in [4.78, 5) is 2.00. The average Bonchev–Trinajstić information content (AvgIpc) is 2.92. The summed E-state index contributed by atoms with van der Waals surface area (Å²) in [6.45, 7) is 0.421. The van der Waals surface area contributed by atoms with Crippen molar-refractivity contribution in [1.82, 2.24) is 0 Å². The summed E-state index contributed by atoms with van der Waals surface area (Å²) in [6, 6.07) is 30.8. The fourth-order valence-corrected chi connectivity index (χ4v) is 7.65. The van der Waals surface area contributed by atoms with Crippen molar-refractivity contribution in [2.45, 2.75) is 5.78 Å². The van der Waals surface area contributed by atoms with Gasteiger partial charge in [0.15, 0.2) is 12.5 Å². The highest BCUT2D eigenvalue weighted by Gasteiger charge is 2.49. The number of anilines is 1. The number of para-hydroxylation sites is 2. The molecule has 0 aliphatic carbocycles. The van der Waals surface area contributed by atoms with Crippen LogP contribution < -0.4 is 24.2 Å². The van der Waals surface area contributed by atoms with Gasteiger partial charge in [-0.3, -0.25) is 4.57 Å². The van der Waals surface area contributed by atoms with Gasteiger partial charge < -0.3 is 18.9 Å². The molecule has 4 aromatic rings. The number of benzene rings is 4. The van der Waals surface area contributed by atoms with Gasteiger partial charge in [0.1, 0.15) is 23.9 Å². The molecule has 0 bridgehead atoms. The first kappa shape index (κ1) is 21.4. The van der Waals surface area contributed by atoms with Crippen molar-refractivity contribution in [3.63, 3.8) is 0 Å². The van der Waals surface area contributed by atoms with Crippen LogP contribution in [0, 0.1) is 12.3 Å². The quantitative estimate of drug-likeness (QED) is 0.257. The number of hydrogen-bond acceptors (Lipinski definition) is 5. The SMILES string of the molecule is C#CCOc1ccc(N2COc3ccccc3C2P2(=O)Oc3ccccc3-c3ccccc32)cc1. The summed E-state index contributed by atoms with van der Waals surface area (Å²) < 4.78 is 33.3. The van der Waals surface area contributed by atoms with Crippen LogP contribution in [0.3, 0.4) is 0 Å². The second-order valence-corrected chi connectivity index (χ2v) is 10.7. The minimum Gasteiger partial charge on any atom is -0.481 e. The fourth-order valence-electron chi connectivity index (χ4n) is 4.76. The molecule has 0 fully saturated rings. The molecule has 0 saturated heterocycles. The van der Waals surface area contributed by atoms with Gasteiger partial charge in [0.2, 0.25) is 0 Å². The molecule has 6 rings (SSSR count). The summed E-state index contributed by atoms with van der Waals surface area (Å²) in [6.07, 6.45) is 5.31. The van der Waals surface area contributed by atoms with E-state index in [4.69, 9.17) is 20.4 Å². The zero-order chi connectivity index (χ0) is 23.8. The largest absolute Gasteiger partial charge is 0.481 e. The Morgan fingerprint density at radius 1 is 0.886 bits per heavy atom.